The third-order valence-corrected chi connectivity index (χ3v) is 7.76. The highest BCUT2D eigenvalue weighted by Crippen LogP contribution is 2.56. The van der Waals surface area contributed by atoms with Gasteiger partial charge in [-0.2, -0.15) is 5.10 Å². The van der Waals surface area contributed by atoms with Crippen molar-refractivity contribution in [3.63, 3.8) is 0 Å². The first kappa shape index (κ1) is 20.2. The molecule has 3 aromatic rings. The number of carbonyl (C=O) groups is 1. The lowest BCUT2D eigenvalue weighted by Gasteiger charge is -2.51. The molecular formula is C27H26FN3O2. The minimum atomic E-state index is -0.543. The summed E-state index contributed by atoms with van der Waals surface area (Å²) < 4.78 is 21.5. The van der Waals surface area contributed by atoms with Gasteiger partial charge in [0.25, 0.3) is 0 Å². The number of aromatic nitrogens is 2. The Morgan fingerprint density at radius 1 is 1.12 bits per heavy atom. The van der Waals surface area contributed by atoms with E-state index in [2.05, 4.69) is 18.1 Å². The highest BCUT2D eigenvalue weighted by atomic mass is 19.1. The summed E-state index contributed by atoms with van der Waals surface area (Å²) >= 11 is 0. The maximum atomic E-state index is 13.4. The van der Waals surface area contributed by atoms with E-state index in [1.165, 1.54) is 17.7 Å². The van der Waals surface area contributed by atoms with E-state index in [1.807, 2.05) is 46.1 Å². The summed E-state index contributed by atoms with van der Waals surface area (Å²) in [5.41, 5.74) is 4.59. The van der Waals surface area contributed by atoms with Gasteiger partial charge in [-0.15, -0.1) is 0 Å². The Labute approximate surface area is 192 Å². The number of amides is 1. The van der Waals surface area contributed by atoms with Gasteiger partial charge in [-0.25, -0.2) is 13.9 Å². The number of rotatable bonds is 3. The molecule has 2 fully saturated rings. The Morgan fingerprint density at radius 3 is 2.70 bits per heavy atom. The molecule has 1 aromatic heterocycles. The van der Waals surface area contributed by atoms with Gasteiger partial charge < -0.3 is 4.74 Å². The molecule has 168 valence electrons. The van der Waals surface area contributed by atoms with Crippen LogP contribution in [0.3, 0.4) is 0 Å². The fourth-order valence-electron chi connectivity index (χ4n) is 5.91. The van der Waals surface area contributed by atoms with Crippen LogP contribution in [0.15, 0.2) is 66.4 Å². The van der Waals surface area contributed by atoms with Crippen LogP contribution in [0.25, 0.3) is 11.8 Å². The Morgan fingerprint density at radius 2 is 1.91 bits per heavy atom. The van der Waals surface area contributed by atoms with Crippen molar-refractivity contribution in [2.24, 2.45) is 5.41 Å². The van der Waals surface area contributed by atoms with Crippen molar-refractivity contribution in [2.45, 2.75) is 44.8 Å². The van der Waals surface area contributed by atoms with Gasteiger partial charge in [-0.05, 0) is 67.2 Å². The molecule has 2 aromatic carbocycles. The first-order valence-electron chi connectivity index (χ1n) is 11.5. The molecule has 0 unspecified atom stereocenters. The number of benzene rings is 2. The first-order chi connectivity index (χ1) is 16.0. The second kappa shape index (κ2) is 7.30. The van der Waals surface area contributed by atoms with Gasteiger partial charge in [0, 0.05) is 12.0 Å². The molecule has 3 aliphatic rings. The zero-order valence-corrected chi connectivity index (χ0v) is 18.6. The molecule has 0 radical (unpaired) electrons. The lowest BCUT2D eigenvalue weighted by Crippen LogP contribution is -2.55. The van der Waals surface area contributed by atoms with Gasteiger partial charge in [0.05, 0.1) is 24.1 Å². The fourth-order valence-corrected chi connectivity index (χ4v) is 5.91. The molecule has 0 N–H and O–H groups in total. The van der Waals surface area contributed by atoms with Crippen LogP contribution >= 0.6 is 0 Å². The van der Waals surface area contributed by atoms with E-state index >= 15 is 0 Å². The molecule has 0 bridgehead atoms. The van der Waals surface area contributed by atoms with E-state index < -0.39 is 5.60 Å². The maximum Gasteiger partial charge on any atom is 0.410 e. The lowest BCUT2D eigenvalue weighted by atomic mass is 9.57. The molecule has 2 heterocycles. The normalized spacial score (nSPS) is 26.1. The number of halogens is 1. The Hall–Kier alpha value is -3.41. The number of hydrogen-bond acceptors (Lipinski definition) is 3. The minimum Gasteiger partial charge on any atom is -0.440 e. The standard InChI is InChI=1S/C27H26FN3O2/c1-26-15-20-16-29-31(23-11-9-22(28)10-12-23)24(20)14-21(26)8-5-13-27(26)18-30(25(32)33-27)17-19-6-3-2-4-7-19/h2-4,6-7,9-12,14,16H,5,8,13,15,17-18H2,1H3/t26-,27+/m0/s1. The fraction of sp³-hybridized carbons (Fsp3) is 0.333. The molecule has 33 heavy (non-hydrogen) atoms. The molecule has 6 rings (SSSR count). The van der Waals surface area contributed by atoms with Gasteiger partial charge in [0.2, 0.25) is 0 Å². The van der Waals surface area contributed by atoms with Crippen LogP contribution in [0.1, 0.15) is 43.0 Å². The van der Waals surface area contributed by atoms with Crippen molar-refractivity contribution in [3.8, 4) is 5.69 Å². The second-order valence-electron chi connectivity index (χ2n) is 9.68. The summed E-state index contributed by atoms with van der Waals surface area (Å²) in [5.74, 6) is -0.261. The maximum absolute atomic E-state index is 13.4. The number of carbonyl (C=O) groups excluding carboxylic acids is 1. The predicted octanol–water partition coefficient (Wildman–Crippen LogP) is 5.53. The molecule has 6 heteroatoms. The van der Waals surface area contributed by atoms with Gasteiger partial charge in [0.1, 0.15) is 11.4 Å². The van der Waals surface area contributed by atoms with Gasteiger partial charge in [-0.1, -0.05) is 42.8 Å². The molecule has 1 spiro atoms. The van der Waals surface area contributed by atoms with E-state index in [0.717, 1.165) is 48.2 Å². The van der Waals surface area contributed by atoms with Crippen LogP contribution in [0.5, 0.6) is 0 Å². The number of ether oxygens (including phenoxy) is 1. The molecular weight excluding hydrogens is 417 g/mol. The van der Waals surface area contributed by atoms with Crippen LogP contribution in [-0.2, 0) is 17.7 Å². The highest BCUT2D eigenvalue weighted by molar-refractivity contribution is 5.72. The number of nitrogens with zero attached hydrogens (tertiary/aromatic N) is 3. The average Bonchev–Trinajstić information content (AvgIpc) is 3.35. The van der Waals surface area contributed by atoms with Crippen molar-refractivity contribution in [3.05, 3.63) is 89.0 Å². The number of fused-ring (bicyclic) bond motifs is 3. The molecule has 5 nitrogen and oxygen atoms in total. The second-order valence-corrected chi connectivity index (χ2v) is 9.68. The van der Waals surface area contributed by atoms with E-state index in [4.69, 9.17) is 4.74 Å². The Bertz CT molecular complexity index is 1250. The lowest BCUT2D eigenvalue weighted by molar-refractivity contribution is -0.0525. The summed E-state index contributed by atoms with van der Waals surface area (Å²) in [6.07, 6.45) is 7.48. The SMILES string of the molecule is C[C@]12Cc3cnn(-c4ccc(F)cc4)c3C=C1CCC[C@@]21CN(Cc2ccccc2)C(=O)O1. The Kier molecular flexibility index (Phi) is 4.47. The molecule has 2 aliphatic carbocycles. The first-order valence-corrected chi connectivity index (χ1v) is 11.5. The monoisotopic (exact) mass is 443 g/mol. The predicted molar refractivity (Wildman–Crippen MR) is 123 cm³/mol. The van der Waals surface area contributed by atoms with Crippen molar-refractivity contribution in [1.82, 2.24) is 14.7 Å². The van der Waals surface area contributed by atoms with Crippen LogP contribution in [0, 0.1) is 11.2 Å². The van der Waals surface area contributed by atoms with E-state index in [0.29, 0.717) is 13.1 Å². The zero-order valence-electron chi connectivity index (χ0n) is 18.6. The quantitative estimate of drug-likeness (QED) is 0.535. The summed E-state index contributed by atoms with van der Waals surface area (Å²) in [7, 11) is 0. The topological polar surface area (TPSA) is 47.4 Å². The average molecular weight is 444 g/mol. The minimum absolute atomic E-state index is 0.228. The van der Waals surface area contributed by atoms with E-state index in [-0.39, 0.29) is 17.3 Å². The Balaban J connectivity index is 1.34. The largest absolute Gasteiger partial charge is 0.440 e. The smallest absolute Gasteiger partial charge is 0.410 e. The van der Waals surface area contributed by atoms with Crippen LogP contribution in [0.2, 0.25) is 0 Å². The third kappa shape index (κ3) is 3.11. The van der Waals surface area contributed by atoms with Crippen LogP contribution in [0.4, 0.5) is 9.18 Å². The number of hydrogen-bond donors (Lipinski definition) is 0. The zero-order chi connectivity index (χ0) is 22.6. The van der Waals surface area contributed by atoms with Gasteiger partial charge in [-0.3, -0.25) is 4.90 Å². The van der Waals surface area contributed by atoms with Crippen LogP contribution in [-0.4, -0.2) is 32.9 Å². The summed E-state index contributed by atoms with van der Waals surface area (Å²) in [6.45, 7) is 3.40. The van der Waals surface area contributed by atoms with Crippen LogP contribution < -0.4 is 0 Å². The molecule has 1 saturated heterocycles. The van der Waals surface area contributed by atoms with Gasteiger partial charge in [0.15, 0.2) is 0 Å². The summed E-state index contributed by atoms with van der Waals surface area (Å²) in [5, 5.41) is 4.62. The summed E-state index contributed by atoms with van der Waals surface area (Å²) in [6, 6.07) is 16.5. The molecule has 1 amide bonds. The molecule has 1 saturated carbocycles. The van der Waals surface area contributed by atoms with Gasteiger partial charge >= 0.3 is 6.09 Å². The van der Waals surface area contributed by atoms with Crippen molar-refractivity contribution < 1.29 is 13.9 Å². The summed E-state index contributed by atoms with van der Waals surface area (Å²) in [4.78, 5) is 14.8. The molecule has 2 atom stereocenters. The van der Waals surface area contributed by atoms with Crippen molar-refractivity contribution in [2.75, 3.05) is 6.54 Å². The van der Waals surface area contributed by atoms with E-state index in [1.54, 1.807) is 12.1 Å². The van der Waals surface area contributed by atoms with Crippen molar-refractivity contribution >= 4 is 12.2 Å². The third-order valence-electron chi connectivity index (χ3n) is 7.76. The van der Waals surface area contributed by atoms with E-state index in [9.17, 15) is 9.18 Å². The highest BCUT2D eigenvalue weighted by Gasteiger charge is 2.60. The van der Waals surface area contributed by atoms with Crippen molar-refractivity contribution in [1.29, 1.82) is 0 Å². The molecule has 1 aliphatic heterocycles.